The van der Waals surface area contributed by atoms with Crippen molar-refractivity contribution in [3.05, 3.63) is 142 Å². The van der Waals surface area contributed by atoms with Crippen LogP contribution in [0.4, 0.5) is 0 Å². The van der Waals surface area contributed by atoms with E-state index in [9.17, 15) is 9.59 Å². The fraction of sp³-hybridized carbons (Fsp3) is 0.333. The molecule has 0 fully saturated rings. The van der Waals surface area contributed by atoms with Gasteiger partial charge in [0.25, 0.3) is 0 Å². The van der Waals surface area contributed by atoms with Crippen molar-refractivity contribution in [2.45, 2.75) is 91.9 Å². The molecule has 0 aliphatic rings. The first-order chi connectivity index (χ1) is 21.8. The predicted octanol–water partition coefficient (Wildman–Crippen LogP) is 10.7. The minimum atomic E-state index is -0.526. The molecule has 4 aromatic carbocycles. The van der Waals surface area contributed by atoms with Gasteiger partial charge in [0.15, 0.2) is 11.5 Å². The second-order valence-corrected chi connectivity index (χ2v) is 14.0. The Labute approximate surface area is 275 Å². The van der Waals surface area contributed by atoms with Crippen LogP contribution in [-0.4, -0.2) is 11.9 Å². The Morgan fingerprint density at radius 2 is 0.739 bits per heavy atom. The number of aryl methyl sites for hydroxylation is 2. The molecule has 0 atom stereocenters. The van der Waals surface area contributed by atoms with Gasteiger partial charge in [-0.05, 0) is 70.2 Å². The monoisotopic (exact) mass is 616 g/mol. The molecule has 0 unspecified atom stereocenters. The standard InChI is InChI=1S/C42H48O4/c1-9-11-29-13-17-33(18-14-29)39(43)45-37(31-21-25-35(26-22-31)41(3,4)5)38(32-23-27-36(28-24-32)42(6,7)8)46-40(44)34-19-15-30(12-10-2)16-20-34/h13-28H,9-12H2,1-8H3. The Morgan fingerprint density at radius 3 is 1.00 bits per heavy atom. The normalized spacial score (nSPS) is 12.3. The van der Waals surface area contributed by atoms with Crippen LogP contribution in [0, 0.1) is 0 Å². The topological polar surface area (TPSA) is 52.6 Å². The van der Waals surface area contributed by atoms with E-state index in [1.165, 1.54) is 0 Å². The molecule has 0 spiro atoms. The van der Waals surface area contributed by atoms with E-state index in [-0.39, 0.29) is 22.3 Å². The number of rotatable bonds is 10. The van der Waals surface area contributed by atoms with Crippen LogP contribution in [0.2, 0.25) is 0 Å². The first-order valence-electron chi connectivity index (χ1n) is 16.4. The van der Waals surface area contributed by atoms with Gasteiger partial charge >= 0.3 is 11.9 Å². The minimum Gasteiger partial charge on any atom is -0.418 e. The van der Waals surface area contributed by atoms with Gasteiger partial charge in [0.05, 0.1) is 11.1 Å². The highest BCUT2D eigenvalue weighted by molar-refractivity contribution is 6.00. The average Bonchev–Trinajstić information content (AvgIpc) is 3.03. The van der Waals surface area contributed by atoms with Crippen molar-refractivity contribution in [2.75, 3.05) is 0 Å². The first kappa shape index (κ1) is 34.4. The molecular weight excluding hydrogens is 568 g/mol. The van der Waals surface area contributed by atoms with Crippen LogP contribution in [0.1, 0.15) is 122 Å². The van der Waals surface area contributed by atoms with E-state index in [0.29, 0.717) is 22.3 Å². The molecule has 4 nitrogen and oxygen atoms in total. The lowest BCUT2D eigenvalue weighted by molar-refractivity contribution is 0.0646. The van der Waals surface area contributed by atoms with Crippen molar-refractivity contribution in [3.8, 4) is 0 Å². The van der Waals surface area contributed by atoms with Crippen LogP contribution < -0.4 is 0 Å². The molecule has 0 radical (unpaired) electrons. The number of hydrogen-bond donors (Lipinski definition) is 0. The van der Waals surface area contributed by atoms with Crippen LogP contribution in [-0.2, 0) is 33.1 Å². The zero-order chi connectivity index (χ0) is 33.5. The maximum atomic E-state index is 13.7. The fourth-order valence-corrected chi connectivity index (χ4v) is 5.21. The molecule has 0 bridgehead atoms. The summed E-state index contributed by atoms with van der Waals surface area (Å²) in [6, 6.07) is 30.8. The highest BCUT2D eigenvalue weighted by Crippen LogP contribution is 2.34. The zero-order valence-electron chi connectivity index (χ0n) is 28.7. The summed E-state index contributed by atoms with van der Waals surface area (Å²) in [5.74, 6) is -0.687. The molecule has 46 heavy (non-hydrogen) atoms. The molecule has 0 saturated carbocycles. The number of hydrogen-bond acceptors (Lipinski definition) is 4. The molecular formula is C42H48O4. The van der Waals surface area contributed by atoms with Crippen molar-refractivity contribution in [1.29, 1.82) is 0 Å². The van der Waals surface area contributed by atoms with E-state index in [1.54, 1.807) is 24.3 Å². The van der Waals surface area contributed by atoms with E-state index in [4.69, 9.17) is 9.47 Å². The van der Waals surface area contributed by atoms with Gasteiger partial charge < -0.3 is 9.47 Å². The van der Waals surface area contributed by atoms with Crippen molar-refractivity contribution >= 4 is 23.5 Å². The molecule has 4 rings (SSSR count). The van der Waals surface area contributed by atoms with Crippen molar-refractivity contribution in [3.63, 3.8) is 0 Å². The van der Waals surface area contributed by atoms with Gasteiger partial charge in [-0.25, -0.2) is 9.59 Å². The van der Waals surface area contributed by atoms with Gasteiger partial charge in [-0.2, -0.15) is 0 Å². The molecule has 4 aromatic rings. The first-order valence-corrected chi connectivity index (χ1v) is 16.4. The van der Waals surface area contributed by atoms with Gasteiger partial charge in [-0.3, -0.25) is 0 Å². The van der Waals surface area contributed by atoms with Gasteiger partial charge in [0.2, 0.25) is 0 Å². The van der Waals surface area contributed by atoms with E-state index in [0.717, 1.165) is 47.9 Å². The zero-order valence-corrected chi connectivity index (χ0v) is 28.7. The summed E-state index contributed by atoms with van der Waals surface area (Å²) in [4.78, 5) is 27.4. The van der Waals surface area contributed by atoms with Crippen molar-refractivity contribution in [2.24, 2.45) is 0 Å². The summed E-state index contributed by atoms with van der Waals surface area (Å²) in [5, 5.41) is 0. The molecule has 0 N–H and O–H groups in total. The van der Waals surface area contributed by atoms with E-state index >= 15 is 0 Å². The quantitative estimate of drug-likeness (QED) is 0.101. The summed E-state index contributed by atoms with van der Waals surface area (Å²) in [5.41, 5.74) is 6.55. The lowest BCUT2D eigenvalue weighted by Gasteiger charge is -2.21. The molecule has 0 aliphatic carbocycles. The minimum absolute atomic E-state index is 0.0681. The predicted molar refractivity (Wildman–Crippen MR) is 189 cm³/mol. The van der Waals surface area contributed by atoms with Gasteiger partial charge in [-0.15, -0.1) is 0 Å². The maximum absolute atomic E-state index is 13.7. The Balaban J connectivity index is 1.87. The van der Waals surface area contributed by atoms with Crippen LogP contribution in [0.15, 0.2) is 97.1 Å². The van der Waals surface area contributed by atoms with Gasteiger partial charge in [0, 0.05) is 11.1 Å². The van der Waals surface area contributed by atoms with Crippen LogP contribution >= 0.6 is 0 Å². The number of carbonyl (C=O) groups is 2. The molecule has 0 saturated heterocycles. The summed E-state index contributed by atoms with van der Waals surface area (Å²) in [7, 11) is 0. The smallest absolute Gasteiger partial charge is 0.343 e. The fourth-order valence-electron chi connectivity index (χ4n) is 5.21. The number of benzene rings is 4. The Bertz CT molecular complexity index is 1520. The van der Waals surface area contributed by atoms with Crippen molar-refractivity contribution in [1.82, 2.24) is 0 Å². The highest BCUT2D eigenvalue weighted by Gasteiger charge is 2.25. The average molecular weight is 617 g/mol. The molecule has 0 heterocycles. The summed E-state index contributed by atoms with van der Waals surface area (Å²) in [6.45, 7) is 17.1. The molecule has 0 amide bonds. The largest absolute Gasteiger partial charge is 0.418 e. The van der Waals surface area contributed by atoms with Crippen LogP contribution in [0.5, 0.6) is 0 Å². The summed E-state index contributed by atoms with van der Waals surface area (Å²) in [6.07, 6.45) is 3.91. The molecule has 4 heteroatoms. The molecule has 0 aliphatic heterocycles. The second kappa shape index (κ2) is 14.8. The van der Waals surface area contributed by atoms with Gasteiger partial charge in [0.1, 0.15) is 0 Å². The Kier molecular flexibility index (Phi) is 11.1. The number of carbonyl (C=O) groups excluding carboxylic acids is 2. The summed E-state index contributed by atoms with van der Waals surface area (Å²) >= 11 is 0. The lowest BCUT2D eigenvalue weighted by Crippen LogP contribution is -2.13. The van der Waals surface area contributed by atoms with Crippen molar-refractivity contribution < 1.29 is 19.1 Å². The van der Waals surface area contributed by atoms with E-state index in [2.05, 4.69) is 55.4 Å². The molecule has 0 aromatic heterocycles. The second-order valence-electron chi connectivity index (χ2n) is 14.0. The lowest BCUT2D eigenvalue weighted by atomic mass is 9.86. The third kappa shape index (κ3) is 8.84. The Hall–Kier alpha value is -4.44. The number of ether oxygens (including phenoxy) is 2. The third-order valence-corrected chi connectivity index (χ3v) is 8.08. The summed E-state index contributed by atoms with van der Waals surface area (Å²) < 4.78 is 12.4. The molecule has 240 valence electrons. The SMILES string of the molecule is CCCc1ccc(C(=O)OC(=C(OC(=O)c2ccc(CCC)cc2)c2ccc(C(C)(C)C)cc2)c2ccc(C(C)(C)C)cc2)cc1. The van der Waals surface area contributed by atoms with Crippen LogP contribution in [0.3, 0.4) is 0 Å². The highest BCUT2D eigenvalue weighted by atomic mass is 16.6. The number of esters is 2. The van der Waals surface area contributed by atoms with Gasteiger partial charge in [-0.1, -0.05) is 141 Å². The maximum Gasteiger partial charge on any atom is 0.343 e. The van der Waals surface area contributed by atoms with E-state index < -0.39 is 11.9 Å². The third-order valence-electron chi connectivity index (χ3n) is 8.08. The van der Waals surface area contributed by atoms with Crippen LogP contribution in [0.25, 0.3) is 11.5 Å². The van der Waals surface area contributed by atoms with E-state index in [1.807, 2.05) is 72.8 Å². The Morgan fingerprint density at radius 1 is 0.457 bits per heavy atom.